The van der Waals surface area contributed by atoms with Crippen LogP contribution >= 0.6 is 0 Å². The van der Waals surface area contributed by atoms with Crippen molar-refractivity contribution in [2.45, 2.75) is 51.5 Å². The van der Waals surface area contributed by atoms with Gasteiger partial charge in [0, 0.05) is 11.7 Å². The van der Waals surface area contributed by atoms with Crippen LogP contribution in [0.15, 0.2) is 24.3 Å². The van der Waals surface area contributed by atoms with Crippen LogP contribution in [0.4, 0.5) is 5.69 Å². The van der Waals surface area contributed by atoms with Crippen LogP contribution in [-0.4, -0.2) is 26.8 Å². The summed E-state index contributed by atoms with van der Waals surface area (Å²) in [6.45, 7) is 7.19. The SMILES string of the molecule is CC(C)(C)c1ccc(NS(=O)(=O)CCCNC2CC2)cc1. The molecule has 5 heteroatoms. The third-order valence-corrected chi connectivity index (χ3v) is 5.00. The molecule has 1 saturated carbocycles. The van der Waals surface area contributed by atoms with Gasteiger partial charge in [-0.25, -0.2) is 8.42 Å². The molecule has 1 aliphatic rings. The highest BCUT2D eigenvalue weighted by Gasteiger charge is 2.20. The van der Waals surface area contributed by atoms with E-state index in [0.29, 0.717) is 18.2 Å². The van der Waals surface area contributed by atoms with Crippen molar-refractivity contribution in [3.8, 4) is 0 Å². The molecule has 1 fully saturated rings. The van der Waals surface area contributed by atoms with Crippen LogP contribution in [0.2, 0.25) is 0 Å². The van der Waals surface area contributed by atoms with Crippen molar-refractivity contribution in [1.29, 1.82) is 0 Å². The molecule has 118 valence electrons. The first kappa shape index (κ1) is 16.3. The normalized spacial score (nSPS) is 16.0. The molecule has 0 saturated heterocycles. The fraction of sp³-hybridized carbons (Fsp3) is 0.625. The zero-order valence-corrected chi connectivity index (χ0v) is 14.0. The lowest BCUT2D eigenvalue weighted by Crippen LogP contribution is -2.23. The monoisotopic (exact) mass is 310 g/mol. The Morgan fingerprint density at radius 3 is 2.29 bits per heavy atom. The summed E-state index contributed by atoms with van der Waals surface area (Å²) < 4.78 is 26.7. The number of hydrogen-bond acceptors (Lipinski definition) is 3. The van der Waals surface area contributed by atoms with E-state index < -0.39 is 10.0 Å². The predicted octanol–water partition coefficient (Wildman–Crippen LogP) is 2.87. The minimum Gasteiger partial charge on any atom is -0.314 e. The summed E-state index contributed by atoms with van der Waals surface area (Å²) in [5.74, 6) is 0.160. The number of nitrogens with one attached hydrogen (secondary N) is 2. The van der Waals surface area contributed by atoms with Gasteiger partial charge < -0.3 is 5.32 Å². The maximum absolute atomic E-state index is 12.0. The number of sulfonamides is 1. The molecule has 0 unspecified atom stereocenters. The first-order chi connectivity index (χ1) is 9.76. The average molecular weight is 310 g/mol. The number of rotatable bonds is 7. The Balaban J connectivity index is 1.83. The summed E-state index contributed by atoms with van der Waals surface area (Å²) in [5.41, 5.74) is 1.91. The first-order valence-corrected chi connectivity index (χ1v) is 9.26. The molecule has 0 spiro atoms. The highest BCUT2D eigenvalue weighted by atomic mass is 32.2. The van der Waals surface area contributed by atoms with E-state index in [1.807, 2.05) is 24.3 Å². The molecule has 2 rings (SSSR count). The fourth-order valence-corrected chi connectivity index (χ4v) is 3.25. The van der Waals surface area contributed by atoms with Crippen LogP contribution in [0.25, 0.3) is 0 Å². The summed E-state index contributed by atoms with van der Waals surface area (Å²) in [7, 11) is -3.25. The van der Waals surface area contributed by atoms with Crippen molar-refractivity contribution >= 4 is 15.7 Å². The lowest BCUT2D eigenvalue weighted by molar-refractivity contribution is 0.590. The minimum absolute atomic E-state index is 0.0753. The maximum Gasteiger partial charge on any atom is 0.232 e. The molecule has 2 N–H and O–H groups in total. The average Bonchev–Trinajstić information content (AvgIpc) is 3.18. The molecule has 0 atom stereocenters. The van der Waals surface area contributed by atoms with Gasteiger partial charge >= 0.3 is 0 Å². The van der Waals surface area contributed by atoms with Gasteiger partial charge in [0.1, 0.15) is 0 Å². The zero-order valence-electron chi connectivity index (χ0n) is 13.1. The summed E-state index contributed by atoms with van der Waals surface area (Å²) >= 11 is 0. The lowest BCUT2D eigenvalue weighted by atomic mass is 9.87. The van der Waals surface area contributed by atoms with Gasteiger partial charge in [0.15, 0.2) is 0 Å². The Kier molecular flexibility index (Phi) is 4.94. The molecule has 0 aromatic heterocycles. The molecule has 1 aliphatic carbocycles. The van der Waals surface area contributed by atoms with E-state index in [1.54, 1.807) is 0 Å². The van der Waals surface area contributed by atoms with E-state index in [2.05, 4.69) is 30.8 Å². The Bertz CT molecular complexity index is 555. The summed E-state index contributed by atoms with van der Waals surface area (Å²) in [6, 6.07) is 8.26. The van der Waals surface area contributed by atoms with Crippen molar-refractivity contribution in [3.63, 3.8) is 0 Å². The number of hydrogen-bond donors (Lipinski definition) is 2. The second-order valence-electron chi connectivity index (χ2n) is 6.83. The van der Waals surface area contributed by atoms with Gasteiger partial charge in [0.05, 0.1) is 5.75 Å². The van der Waals surface area contributed by atoms with Crippen LogP contribution in [0, 0.1) is 0 Å². The summed E-state index contributed by atoms with van der Waals surface area (Å²) in [6.07, 6.45) is 3.10. The first-order valence-electron chi connectivity index (χ1n) is 7.61. The lowest BCUT2D eigenvalue weighted by Gasteiger charge is -2.19. The molecule has 0 radical (unpaired) electrons. The zero-order chi connectivity index (χ0) is 15.5. The van der Waals surface area contributed by atoms with Crippen molar-refractivity contribution < 1.29 is 8.42 Å². The van der Waals surface area contributed by atoms with E-state index in [0.717, 1.165) is 6.54 Å². The molecule has 4 nitrogen and oxygen atoms in total. The fourth-order valence-electron chi connectivity index (χ4n) is 2.12. The van der Waals surface area contributed by atoms with Crippen molar-refractivity contribution in [3.05, 3.63) is 29.8 Å². The van der Waals surface area contributed by atoms with E-state index in [9.17, 15) is 8.42 Å². The van der Waals surface area contributed by atoms with Crippen molar-refractivity contribution in [1.82, 2.24) is 5.32 Å². The van der Waals surface area contributed by atoms with Gasteiger partial charge in [-0.05, 0) is 48.9 Å². The van der Waals surface area contributed by atoms with Crippen LogP contribution in [0.1, 0.15) is 45.6 Å². The summed E-state index contributed by atoms with van der Waals surface area (Å²) in [4.78, 5) is 0. The Morgan fingerprint density at radius 1 is 1.14 bits per heavy atom. The van der Waals surface area contributed by atoms with E-state index in [4.69, 9.17) is 0 Å². The second kappa shape index (κ2) is 6.36. The third kappa shape index (κ3) is 5.67. The van der Waals surface area contributed by atoms with E-state index in [1.165, 1.54) is 18.4 Å². The van der Waals surface area contributed by atoms with Gasteiger partial charge in [0.2, 0.25) is 10.0 Å². The van der Waals surface area contributed by atoms with Gasteiger partial charge in [-0.1, -0.05) is 32.9 Å². The highest BCUT2D eigenvalue weighted by Crippen LogP contribution is 2.23. The van der Waals surface area contributed by atoms with Crippen LogP contribution in [0.5, 0.6) is 0 Å². The molecule has 0 amide bonds. The Labute approximate surface area is 128 Å². The molecule has 0 bridgehead atoms. The summed E-state index contributed by atoms with van der Waals surface area (Å²) in [5, 5.41) is 3.32. The number of anilines is 1. The molecule has 1 aromatic carbocycles. The largest absolute Gasteiger partial charge is 0.314 e. The minimum atomic E-state index is -3.25. The van der Waals surface area contributed by atoms with Gasteiger partial charge in [0.25, 0.3) is 0 Å². The maximum atomic E-state index is 12.0. The predicted molar refractivity (Wildman–Crippen MR) is 88.2 cm³/mol. The van der Waals surface area contributed by atoms with Crippen LogP contribution in [0.3, 0.4) is 0 Å². The standard InChI is InChI=1S/C16H26N2O2S/c1-16(2,3)13-5-7-15(8-6-13)18-21(19,20)12-4-11-17-14-9-10-14/h5-8,14,17-18H,4,9-12H2,1-3H3. The van der Waals surface area contributed by atoms with Crippen molar-refractivity contribution in [2.24, 2.45) is 0 Å². The van der Waals surface area contributed by atoms with Crippen LogP contribution < -0.4 is 10.0 Å². The molecular weight excluding hydrogens is 284 g/mol. The molecule has 0 heterocycles. The topological polar surface area (TPSA) is 58.2 Å². The third-order valence-electron chi connectivity index (χ3n) is 3.62. The second-order valence-corrected chi connectivity index (χ2v) is 8.67. The van der Waals surface area contributed by atoms with Gasteiger partial charge in [-0.15, -0.1) is 0 Å². The highest BCUT2D eigenvalue weighted by molar-refractivity contribution is 7.92. The van der Waals surface area contributed by atoms with E-state index in [-0.39, 0.29) is 11.2 Å². The Morgan fingerprint density at radius 2 is 1.76 bits per heavy atom. The quantitative estimate of drug-likeness (QED) is 0.761. The van der Waals surface area contributed by atoms with Gasteiger partial charge in [-0.2, -0.15) is 0 Å². The van der Waals surface area contributed by atoms with E-state index >= 15 is 0 Å². The van der Waals surface area contributed by atoms with Crippen LogP contribution in [-0.2, 0) is 15.4 Å². The van der Waals surface area contributed by atoms with Crippen molar-refractivity contribution in [2.75, 3.05) is 17.0 Å². The Hall–Kier alpha value is -1.07. The smallest absolute Gasteiger partial charge is 0.232 e. The molecule has 1 aromatic rings. The molecule has 21 heavy (non-hydrogen) atoms. The molecular formula is C16H26N2O2S. The van der Waals surface area contributed by atoms with Gasteiger partial charge in [-0.3, -0.25) is 4.72 Å². The number of benzene rings is 1. The molecule has 0 aliphatic heterocycles.